The van der Waals surface area contributed by atoms with E-state index in [9.17, 15) is 24.9 Å². The number of nitrogens with two attached hydrogens (primary N) is 1. The zero-order chi connectivity index (χ0) is 29.9. The van der Waals surface area contributed by atoms with Crippen LogP contribution in [0.4, 0.5) is 11.4 Å². The molecule has 5 rings (SSSR count). The van der Waals surface area contributed by atoms with Crippen LogP contribution in [0.25, 0.3) is 0 Å². The lowest BCUT2D eigenvalue weighted by molar-refractivity contribution is -0.749. The fraction of sp³-hybridized carbons (Fsp3) is 0.577. The molecule has 3 aliphatic rings. The van der Waals surface area contributed by atoms with E-state index in [4.69, 9.17) is 20.6 Å². The molecule has 226 valence electrons. The van der Waals surface area contributed by atoms with Gasteiger partial charge in [0, 0.05) is 72.8 Å². The molecule has 0 unspecified atom stereocenters. The Morgan fingerprint density at radius 1 is 1.07 bits per heavy atom. The molecule has 1 spiro atoms. The molecule has 16 nitrogen and oxygen atoms in total. The Balaban J connectivity index is 1.25. The average molecular weight is 586 g/mol. The largest absolute Gasteiger partial charge is 0.571 e. The maximum Gasteiger partial charge on any atom is 0.293 e. The van der Waals surface area contributed by atoms with Gasteiger partial charge in [-0.05, 0) is 31.7 Å². The highest BCUT2D eigenvalue weighted by atomic mass is 16.7. The van der Waals surface area contributed by atoms with Crippen molar-refractivity contribution in [2.75, 3.05) is 51.3 Å². The first-order valence-corrected chi connectivity index (χ1v) is 14.1. The number of likely N-dealkylation sites (tertiary alicyclic amines) is 1. The van der Waals surface area contributed by atoms with Crippen LogP contribution in [0, 0.1) is 20.7 Å². The third-order valence-electron chi connectivity index (χ3n) is 7.89. The number of ether oxygens (including phenoxy) is 2. The fourth-order valence-corrected chi connectivity index (χ4v) is 5.70. The van der Waals surface area contributed by atoms with Crippen molar-refractivity contribution in [3.63, 3.8) is 0 Å². The topological polar surface area (TPSA) is 218 Å². The molecule has 0 saturated carbocycles. The van der Waals surface area contributed by atoms with Gasteiger partial charge in [-0.3, -0.25) is 25.1 Å². The fourth-order valence-electron chi connectivity index (χ4n) is 5.70. The third kappa shape index (κ3) is 6.05. The van der Waals surface area contributed by atoms with E-state index in [-0.39, 0.29) is 51.4 Å². The quantitative estimate of drug-likeness (QED) is 0.0434. The van der Waals surface area contributed by atoms with E-state index in [0.717, 1.165) is 49.5 Å². The number of nitro groups is 1. The summed E-state index contributed by atoms with van der Waals surface area (Å²) in [7, 11) is 0. The second kappa shape index (κ2) is 12.4. The molecule has 2 fully saturated rings. The number of carbonyl (C=O) groups excluding carboxylic acids is 2. The number of ketones is 2. The highest BCUT2D eigenvalue weighted by molar-refractivity contribution is 6.27. The van der Waals surface area contributed by atoms with Crippen molar-refractivity contribution in [2.45, 2.75) is 50.9 Å². The van der Waals surface area contributed by atoms with E-state index in [2.05, 4.69) is 20.6 Å². The number of hydrogen-bond acceptors (Lipinski definition) is 11. The van der Waals surface area contributed by atoms with E-state index < -0.39 is 22.3 Å². The van der Waals surface area contributed by atoms with Crippen LogP contribution in [-0.4, -0.2) is 88.9 Å². The van der Waals surface area contributed by atoms with E-state index in [1.807, 2.05) is 0 Å². The lowest BCUT2D eigenvalue weighted by atomic mass is 9.89. The van der Waals surface area contributed by atoms with Crippen molar-refractivity contribution in [1.82, 2.24) is 20.0 Å². The Morgan fingerprint density at radius 3 is 2.45 bits per heavy atom. The monoisotopic (exact) mass is 585 g/mol. The summed E-state index contributed by atoms with van der Waals surface area (Å²) in [5, 5.41) is 41.2. The minimum Gasteiger partial charge on any atom is -0.571 e. The number of fused-ring (bicyclic) bond motifs is 2. The molecule has 5 N–H and O–H groups in total. The minimum absolute atomic E-state index is 0.0323. The molecular formula is C26H35N9O7. The van der Waals surface area contributed by atoms with Gasteiger partial charge in [-0.15, -0.1) is 4.68 Å². The van der Waals surface area contributed by atoms with Crippen molar-refractivity contribution >= 4 is 28.9 Å². The first-order chi connectivity index (χ1) is 20.2. The van der Waals surface area contributed by atoms with Gasteiger partial charge in [0.1, 0.15) is 5.69 Å². The molecule has 0 amide bonds. The summed E-state index contributed by atoms with van der Waals surface area (Å²) in [5.74, 6) is -1.86. The summed E-state index contributed by atoms with van der Waals surface area (Å²) >= 11 is 0. The van der Waals surface area contributed by atoms with Gasteiger partial charge in [0.15, 0.2) is 17.4 Å². The number of unbranched alkanes of at least 4 members (excludes halogenated alkanes) is 2. The van der Waals surface area contributed by atoms with Gasteiger partial charge < -0.3 is 35.9 Å². The Kier molecular flexibility index (Phi) is 8.65. The maximum atomic E-state index is 13.5. The number of hydrogen-bond donors (Lipinski definition) is 4. The number of nitro benzene ring substituents is 1. The number of aromatic nitrogens is 3. The van der Waals surface area contributed by atoms with Gasteiger partial charge in [-0.25, -0.2) is 0 Å². The van der Waals surface area contributed by atoms with E-state index >= 15 is 0 Å². The Labute approximate surface area is 241 Å². The van der Waals surface area contributed by atoms with Crippen molar-refractivity contribution in [3.05, 3.63) is 50.0 Å². The Hall–Kier alpha value is -4.15. The predicted octanol–water partition coefficient (Wildman–Crippen LogP) is 0.494. The molecule has 2 aromatic rings. The summed E-state index contributed by atoms with van der Waals surface area (Å²) in [6, 6.07) is 2.39. The van der Waals surface area contributed by atoms with Crippen molar-refractivity contribution in [2.24, 2.45) is 5.73 Å². The van der Waals surface area contributed by atoms with Crippen LogP contribution >= 0.6 is 0 Å². The number of nitrogens with one attached hydrogen (secondary N) is 3. The highest BCUT2D eigenvalue weighted by Gasteiger charge is 2.42. The van der Waals surface area contributed by atoms with Gasteiger partial charge in [0.2, 0.25) is 17.3 Å². The van der Waals surface area contributed by atoms with Gasteiger partial charge in [-0.2, -0.15) is 0 Å². The number of benzene rings is 1. The molecule has 16 heteroatoms. The van der Waals surface area contributed by atoms with Crippen LogP contribution in [-0.2, 0) is 16.0 Å². The molecule has 2 aliphatic heterocycles. The predicted molar refractivity (Wildman–Crippen MR) is 148 cm³/mol. The normalized spacial score (nSPS) is 17.7. The van der Waals surface area contributed by atoms with Crippen LogP contribution in [0.2, 0.25) is 0 Å². The summed E-state index contributed by atoms with van der Waals surface area (Å²) in [6.45, 7) is 4.52. The van der Waals surface area contributed by atoms with Gasteiger partial charge in [0.05, 0.1) is 24.7 Å². The molecule has 0 radical (unpaired) electrons. The molecule has 1 aliphatic carbocycles. The average Bonchev–Trinajstić information content (AvgIpc) is 3.56. The summed E-state index contributed by atoms with van der Waals surface area (Å²) in [4.78, 5) is 40.6. The zero-order valence-electron chi connectivity index (χ0n) is 23.2. The standard InChI is InChI=1S/C26H35N9O7/c27-25(28)30-8-3-1-2-7-29-19-15-17-18(16-20(19)34(38)39)24(37)22-21(23(17)36)31-35(40)33(22)10-4-9-32-11-5-26(6-12-32)41-13-14-42-26/h15-16,29H,1-14H2,(H4,27,28,30). The molecule has 0 bridgehead atoms. The lowest BCUT2D eigenvalue weighted by Crippen LogP contribution is -2.46. The molecule has 0 atom stereocenters. The SMILES string of the molecule is N=C(N)NCCCCCNc1cc2c(cc1[N+](=O)[O-])C(=O)c1c(n[n+]([O-])n1CCCN1CCC3(CC1)OCCO3)C2=O. The van der Waals surface area contributed by atoms with Gasteiger partial charge in [-0.1, -0.05) is 0 Å². The summed E-state index contributed by atoms with van der Waals surface area (Å²) in [6.07, 6.45) is 4.24. The number of anilines is 1. The molecule has 42 heavy (non-hydrogen) atoms. The molecule has 2 saturated heterocycles. The zero-order valence-corrected chi connectivity index (χ0v) is 23.2. The maximum absolute atomic E-state index is 13.5. The van der Waals surface area contributed by atoms with E-state index in [1.165, 1.54) is 6.07 Å². The molecule has 3 heterocycles. The van der Waals surface area contributed by atoms with Gasteiger partial charge >= 0.3 is 0 Å². The van der Waals surface area contributed by atoms with Gasteiger partial charge in [0.25, 0.3) is 5.69 Å². The van der Waals surface area contributed by atoms with Crippen molar-refractivity contribution < 1.29 is 28.9 Å². The third-order valence-corrected chi connectivity index (χ3v) is 7.89. The van der Waals surface area contributed by atoms with Crippen LogP contribution in [0.5, 0.6) is 0 Å². The number of rotatable bonds is 12. The number of piperidine rings is 1. The number of carbonyl (C=O) groups is 2. The van der Waals surface area contributed by atoms with Crippen molar-refractivity contribution in [3.8, 4) is 0 Å². The lowest BCUT2D eigenvalue weighted by Gasteiger charge is -2.37. The molecule has 1 aromatic heterocycles. The smallest absolute Gasteiger partial charge is 0.293 e. The first kappa shape index (κ1) is 29.3. The highest BCUT2D eigenvalue weighted by Crippen LogP contribution is 2.35. The van der Waals surface area contributed by atoms with Crippen LogP contribution < -0.4 is 21.3 Å². The second-order valence-corrected chi connectivity index (χ2v) is 10.6. The number of guanidine groups is 1. The first-order valence-electron chi connectivity index (χ1n) is 14.1. The van der Waals surface area contributed by atoms with Crippen LogP contribution in [0.15, 0.2) is 12.1 Å². The number of nitrogens with zero attached hydrogens (tertiary/aromatic N) is 5. The van der Waals surface area contributed by atoms with Crippen LogP contribution in [0.1, 0.15) is 70.6 Å². The van der Waals surface area contributed by atoms with E-state index in [1.54, 1.807) is 0 Å². The summed E-state index contributed by atoms with van der Waals surface area (Å²) in [5.41, 5.74) is 4.46. The Bertz CT molecular complexity index is 1380. The van der Waals surface area contributed by atoms with Crippen molar-refractivity contribution in [1.29, 1.82) is 5.41 Å². The second-order valence-electron chi connectivity index (χ2n) is 10.6. The molecular weight excluding hydrogens is 550 g/mol. The summed E-state index contributed by atoms with van der Waals surface area (Å²) < 4.78 is 12.7. The van der Waals surface area contributed by atoms with E-state index in [0.29, 0.717) is 45.7 Å². The Morgan fingerprint density at radius 2 is 1.76 bits per heavy atom. The molecule has 1 aromatic carbocycles. The van der Waals surface area contributed by atoms with Crippen LogP contribution in [0.3, 0.4) is 0 Å². The minimum atomic E-state index is -0.648.